The topological polar surface area (TPSA) is 56.7 Å². The number of piperazine rings is 1. The molecule has 47 heavy (non-hydrogen) atoms. The Hall–Kier alpha value is -2.95. The molecular formula is C37H42F5N3O2. The Labute approximate surface area is 272 Å². The molecule has 2 unspecified atom stereocenters. The second kappa shape index (κ2) is 11.9. The number of carbonyl (C=O) groups excluding carboxylic acids is 1. The quantitative estimate of drug-likeness (QED) is 0.333. The summed E-state index contributed by atoms with van der Waals surface area (Å²) in [7, 11) is 0. The van der Waals surface area contributed by atoms with Crippen molar-refractivity contribution >= 4 is 5.78 Å². The van der Waals surface area contributed by atoms with Gasteiger partial charge >= 0.3 is 12.1 Å². The van der Waals surface area contributed by atoms with Crippen LogP contribution in [0, 0.1) is 17.3 Å². The lowest BCUT2D eigenvalue weighted by atomic mass is 9.50. The van der Waals surface area contributed by atoms with Crippen LogP contribution >= 0.6 is 0 Å². The van der Waals surface area contributed by atoms with E-state index >= 15 is 8.78 Å². The van der Waals surface area contributed by atoms with Crippen molar-refractivity contribution in [2.24, 2.45) is 17.3 Å². The average Bonchev–Trinajstić information content (AvgIpc) is 3.33. The highest BCUT2D eigenvalue weighted by Gasteiger charge is 2.79. The van der Waals surface area contributed by atoms with Crippen LogP contribution in [0.1, 0.15) is 74.6 Å². The third-order valence-electron chi connectivity index (χ3n) is 12.1. The predicted octanol–water partition coefficient (Wildman–Crippen LogP) is 7.23. The van der Waals surface area contributed by atoms with E-state index in [4.69, 9.17) is 0 Å². The van der Waals surface area contributed by atoms with Crippen LogP contribution in [-0.2, 0) is 17.9 Å². The molecule has 252 valence electrons. The van der Waals surface area contributed by atoms with Gasteiger partial charge in [-0.15, -0.1) is 0 Å². The lowest BCUT2D eigenvalue weighted by molar-refractivity contribution is -0.362. The molecule has 1 N–H and O–H groups in total. The number of pyridine rings is 1. The monoisotopic (exact) mass is 655 g/mol. The number of allylic oxidation sites excluding steroid dienone is 4. The Kier molecular flexibility index (Phi) is 8.24. The fraction of sp³-hybridized carbons (Fsp3) is 0.568. The number of alkyl halides is 5. The van der Waals surface area contributed by atoms with Gasteiger partial charge in [-0.1, -0.05) is 42.8 Å². The van der Waals surface area contributed by atoms with Gasteiger partial charge < -0.3 is 5.11 Å². The van der Waals surface area contributed by atoms with Gasteiger partial charge in [0.2, 0.25) is 0 Å². The fourth-order valence-electron chi connectivity index (χ4n) is 9.65. The number of fused-ring (bicyclic) bond motifs is 4. The number of carbonyl (C=O) groups is 1. The number of ketones is 1. The smallest absolute Gasteiger partial charge is 0.383 e. The average molecular weight is 656 g/mol. The van der Waals surface area contributed by atoms with Crippen molar-refractivity contribution in [3.05, 3.63) is 88.3 Å². The number of halogens is 5. The molecule has 2 heterocycles. The van der Waals surface area contributed by atoms with E-state index in [-0.39, 0.29) is 24.5 Å². The van der Waals surface area contributed by atoms with E-state index in [1.165, 1.54) is 6.92 Å². The molecule has 7 rings (SSSR count). The van der Waals surface area contributed by atoms with Crippen molar-refractivity contribution in [2.45, 2.75) is 88.6 Å². The van der Waals surface area contributed by atoms with Crippen molar-refractivity contribution < 1.29 is 31.9 Å². The molecule has 1 aromatic carbocycles. The Morgan fingerprint density at radius 2 is 1.62 bits per heavy atom. The zero-order valence-corrected chi connectivity index (χ0v) is 26.7. The summed E-state index contributed by atoms with van der Waals surface area (Å²) < 4.78 is 72.1. The van der Waals surface area contributed by atoms with Gasteiger partial charge in [-0.25, -0.2) is 0 Å². The van der Waals surface area contributed by atoms with E-state index < -0.39 is 41.4 Å². The lowest BCUT2D eigenvalue weighted by Crippen LogP contribution is -2.65. The largest absolute Gasteiger partial charge is 0.456 e. The van der Waals surface area contributed by atoms with Crippen LogP contribution in [0.15, 0.2) is 71.5 Å². The summed E-state index contributed by atoms with van der Waals surface area (Å²) in [5, 5.41) is 11.5. The van der Waals surface area contributed by atoms with Gasteiger partial charge in [-0.3, -0.25) is 19.6 Å². The number of aromatic nitrogens is 1. The first-order valence-corrected chi connectivity index (χ1v) is 16.9. The van der Waals surface area contributed by atoms with Gasteiger partial charge in [0.1, 0.15) is 5.60 Å². The molecule has 5 aliphatic rings. The van der Waals surface area contributed by atoms with Crippen LogP contribution < -0.4 is 0 Å². The van der Waals surface area contributed by atoms with Crippen molar-refractivity contribution in [3.8, 4) is 0 Å². The summed E-state index contributed by atoms with van der Waals surface area (Å²) in [6, 6.07) is 14.0. The Bertz CT molecular complexity index is 1560. The maximum atomic E-state index is 15.3. The zero-order chi connectivity index (χ0) is 33.2. The third-order valence-corrected chi connectivity index (χ3v) is 12.1. The summed E-state index contributed by atoms with van der Waals surface area (Å²) in [5.41, 5.74) is 1.33. The number of aliphatic hydroxyl groups is 1. The summed E-state index contributed by atoms with van der Waals surface area (Å²) in [5.74, 6) is -6.32. The van der Waals surface area contributed by atoms with E-state index in [0.29, 0.717) is 25.7 Å². The van der Waals surface area contributed by atoms with Crippen molar-refractivity contribution in [3.63, 3.8) is 0 Å². The van der Waals surface area contributed by atoms with Gasteiger partial charge in [-0.2, -0.15) is 22.0 Å². The molecule has 3 fully saturated rings. The number of hydrogen-bond donors (Lipinski definition) is 1. The van der Waals surface area contributed by atoms with Crippen molar-refractivity contribution in [2.75, 3.05) is 26.2 Å². The molecule has 5 atom stereocenters. The molecule has 1 saturated heterocycles. The second-order valence-electron chi connectivity index (χ2n) is 14.6. The molecule has 2 aromatic rings. The maximum absolute atomic E-state index is 15.3. The first kappa shape index (κ1) is 32.6. The molecule has 5 nitrogen and oxygen atoms in total. The maximum Gasteiger partial charge on any atom is 0.456 e. The van der Waals surface area contributed by atoms with Crippen LogP contribution in [0.5, 0.6) is 0 Å². The van der Waals surface area contributed by atoms with E-state index in [9.17, 15) is 23.1 Å². The lowest BCUT2D eigenvalue weighted by Gasteiger charge is -2.56. The first-order valence-electron chi connectivity index (χ1n) is 16.9. The van der Waals surface area contributed by atoms with E-state index in [0.717, 1.165) is 72.8 Å². The minimum atomic E-state index is -5.86. The third kappa shape index (κ3) is 5.48. The second-order valence-corrected chi connectivity index (χ2v) is 14.6. The summed E-state index contributed by atoms with van der Waals surface area (Å²) in [6.07, 6.45) is -0.736. The van der Waals surface area contributed by atoms with Crippen molar-refractivity contribution in [1.82, 2.24) is 14.8 Å². The van der Waals surface area contributed by atoms with Gasteiger partial charge in [-0.05, 0) is 90.8 Å². The highest BCUT2D eigenvalue weighted by atomic mass is 19.4. The number of rotatable bonds is 6. The number of benzene rings is 1. The Balaban J connectivity index is 1.15. The van der Waals surface area contributed by atoms with Gasteiger partial charge in [0.15, 0.2) is 5.78 Å². The first-order chi connectivity index (χ1) is 22.3. The Morgan fingerprint density at radius 1 is 0.915 bits per heavy atom. The van der Waals surface area contributed by atoms with Crippen LogP contribution in [0.25, 0.3) is 0 Å². The Morgan fingerprint density at radius 3 is 2.28 bits per heavy atom. The van der Waals surface area contributed by atoms with Gasteiger partial charge in [0, 0.05) is 63.2 Å². The minimum Gasteiger partial charge on any atom is -0.383 e. The molecule has 0 radical (unpaired) electrons. The zero-order valence-electron chi connectivity index (χ0n) is 26.7. The molecule has 0 amide bonds. The molecule has 2 saturated carbocycles. The SMILES string of the molecule is C[C@]12C[C@H](c3ccc(CN4CCN(Cc5ccccn5)CC4)cc3)C3=C4CCC(=O)C=C4CCC3C1CC[C@@]2(O)C(F)(F)C(F)(F)F. The van der Waals surface area contributed by atoms with Crippen molar-refractivity contribution in [1.29, 1.82) is 0 Å². The molecule has 4 aliphatic carbocycles. The van der Waals surface area contributed by atoms with E-state index in [2.05, 4.69) is 14.8 Å². The molecular weight excluding hydrogens is 613 g/mol. The van der Waals surface area contributed by atoms with Crippen LogP contribution in [0.4, 0.5) is 22.0 Å². The predicted molar refractivity (Wildman–Crippen MR) is 167 cm³/mol. The molecule has 0 spiro atoms. The highest BCUT2D eigenvalue weighted by Crippen LogP contribution is 2.70. The molecule has 1 aliphatic heterocycles. The molecule has 0 bridgehead atoms. The summed E-state index contributed by atoms with van der Waals surface area (Å²) >= 11 is 0. The minimum absolute atomic E-state index is 0.00598. The summed E-state index contributed by atoms with van der Waals surface area (Å²) in [4.78, 5) is 21.5. The highest BCUT2D eigenvalue weighted by molar-refractivity contribution is 5.93. The van der Waals surface area contributed by atoms with Gasteiger partial charge in [0.25, 0.3) is 0 Å². The van der Waals surface area contributed by atoms with Gasteiger partial charge in [0.05, 0.1) is 5.69 Å². The molecule has 1 aromatic heterocycles. The fourth-order valence-corrected chi connectivity index (χ4v) is 9.65. The van der Waals surface area contributed by atoms with Crippen LogP contribution in [0.3, 0.4) is 0 Å². The molecule has 10 heteroatoms. The number of hydrogen-bond acceptors (Lipinski definition) is 5. The van der Waals surface area contributed by atoms with E-state index in [1.54, 1.807) is 6.08 Å². The number of nitrogens with zero attached hydrogens (tertiary/aromatic N) is 3. The normalized spacial score (nSPS) is 32.1. The van der Waals surface area contributed by atoms with Crippen LogP contribution in [0.2, 0.25) is 0 Å². The van der Waals surface area contributed by atoms with E-state index in [1.807, 2.05) is 48.7 Å². The summed E-state index contributed by atoms with van der Waals surface area (Å²) in [6.45, 7) is 6.72. The van der Waals surface area contributed by atoms with Crippen LogP contribution in [-0.4, -0.2) is 69.6 Å². The standard InChI is InChI=1S/C37H42F5N3O2/c1-34-21-31(25-7-5-24(6-8-25)22-44-16-18-45(19-17-44)23-27-4-2-3-15-43-27)33-29-12-10-28(46)20-26(29)9-11-30(33)32(34)13-14-35(34,47)36(38,39)37(40,41)42/h2-8,15,20,30-32,47H,9-14,16-19,21-23H2,1H3/t30?,31-,32?,34+,35+/m1/s1.